The number of hydrogen-bond acceptors (Lipinski definition) is 2. The van der Waals surface area contributed by atoms with Gasteiger partial charge < -0.3 is 10.2 Å². The topological polar surface area (TPSA) is 32.3 Å². The van der Waals surface area contributed by atoms with Crippen LogP contribution in [0.1, 0.15) is 57.4 Å². The van der Waals surface area contributed by atoms with Crippen molar-refractivity contribution < 1.29 is 4.79 Å². The molecule has 0 spiro atoms. The maximum Gasteiger partial charge on any atom is 0.222 e. The molecule has 1 amide bonds. The lowest BCUT2D eigenvalue weighted by Gasteiger charge is -2.30. The minimum Gasteiger partial charge on any atom is -0.342 e. The molecule has 4 rings (SSSR count). The number of amides is 1. The first-order valence-electron chi connectivity index (χ1n) is 10.2. The molecule has 3 aliphatic heterocycles. The number of nitrogens with zero attached hydrogens (tertiary/aromatic N) is 1. The van der Waals surface area contributed by atoms with Crippen LogP contribution in [0.3, 0.4) is 0 Å². The van der Waals surface area contributed by atoms with Crippen LogP contribution in [0, 0.1) is 11.3 Å². The van der Waals surface area contributed by atoms with Crippen LogP contribution in [-0.2, 0) is 11.2 Å². The van der Waals surface area contributed by atoms with Crippen molar-refractivity contribution >= 4 is 18.3 Å². The summed E-state index contributed by atoms with van der Waals surface area (Å²) in [6.45, 7) is 4.28. The Morgan fingerprint density at radius 3 is 2.58 bits per heavy atom. The summed E-state index contributed by atoms with van der Waals surface area (Å²) in [4.78, 5) is 15.0. The number of benzene rings is 1. The van der Waals surface area contributed by atoms with Crippen LogP contribution in [0.4, 0.5) is 0 Å². The van der Waals surface area contributed by atoms with E-state index >= 15 is 0 Å². The maximum absolute atomic E-state index is 12.8. The third kappa shape index (κ3) is 4.61. The largest absolute Gasteiger partial charge is 0.342 e. The fourth-order valence-corrected chi connectivity index (χ4v) is 5.25. The monoisotopic (exact) mass is 376 g/mol. The minimum atomic E-state index is 0. The second-order valence-electron chi connectivity index (χ2n) is 9.04. The molecule has 3 atom stereocenters. The molecule has 4 heteroatoms. The van der Waals surface area contributed by atoms with Crippen molar-refractivity contribution in [1.29, 1.82) is 0 Å². The molecule has 1 aromatic rings. The van der Waals surface area contributed by atoms with Crippen molar-refractivity contribution in [2.45, 2.75) is 70.4 Å². The number of fused-ring (bicyclic) bond motifs is 2. The highest BCUT2D eigenvalue weighted by Gasteiger charge is 2.38. The Morgan fingerprint density at radius 2 is 1.88 bits per heavy atom. The number of halogens is 1. The summed E-state index contributed by atoms with van der Waals surface area (Å²) in [5.74, 6) is 1.03. The molecule has 1 N–H and O–H groups in total. The number of hydrogen-bond donors (Lipinski definition) is 1. The van der Waals surface area contributed by atoms with Gasteiger partial charge in [0.15, 0.2) is 0 Å². The predicted octanol–water partition coefficient (Wildman–Crippen LogP) is 4.20. The molecule has 0 aromatic heterocycles. The molecular formula is C22H33ClN2O. The van der Waals surface area contributed by atoms with Crippen molar-refractivity contribution in [2.24, 2.45) is 11.3 Å². The van der Waals surface area contributed by atoms with E-state index in [4.69, 9.17) is 0 Å². The molecule has 1 aromatic carbocycles. The van der Waals surface area contributed by atoms with Gasteiger partial charge in [-0.05, 0) is 61.8 Å². The van der Waals surface area contributed by atoms with Gasteiger partial charge in [-0.15, -0.1) is 12.4 Å². The summed E-state index contributed by atoms with van der Waals surface area (Å²) in [5, 5.41) is 3.68. The lowest BCUT2D eigenvalue weighted by Crippen LogP contribution is -2.40. The van der Waals surface area contributed by atoms with Gasteiger partial charge in [-0.2, -0.15) is 0 Å². The first kappa shape index (κ1) is 19.7. The van der Waals surface area contributed by atoms with Crippen LogP contribution >= 0.6 is 12.4 Å². The average molecular weight is 377 g/mol. The summed E-state index contributed by atoms with van der Waals surface area (Å²) in [6.07, 6.45) is 9.29. The molecule has 3 fully saturated rings. The van der Waals surface area contributed by atoms with Crippen LogP contribution in [0.15, 0.2) is 30.3 Å². The third-order valence-corrected chi connectivity index (χ3v) is 6.80. The Labute approximate surface area is 164 Å². The van der Waals surface area contributed by atoms with Crippen molar-refractivity contribution in [3.63, 3.8) is 0 Å². The fraction of sp³-hybridized carbons (Fsp3) is 0.682. The van der Waals surface area contributed by atoms with E-state index in [9.17, 15) is 4.79 Å². The summed E-state index contributed by atoms with van der Waals surface area (Å²) in [7, 11) is 0. The average Bonchev–Trinajstić information content (AvgIpc) is 3.17. The maximum atomic E-state index is 12.8. The van der Waals surface area contributed by atoms with Gasteiger partial charge in [0.2, 0.25) is 5.91 Å². The molecule has 2 bridgehead atoms. The van der Waals surface area contributed by atoms with Crippen LogP contribution in [0.25, 0.3) is 0 Å². The Balaban J connectivity index is 0.00000196. The third-order valence-electron chi connectivity index (χ3n) is 6.80. The van der Waals surface area contributed by atoms with E-state index in [0.717, 1.165) is 32.4 Å². The smallest absolute Gasteiger partial charge is 0.222 e. The lowest BCUT2D eigenvalue weighted by molar-refractivity contribution is -0.131. The molecule has 0 saturated carbocycles. The first-order chi connectivity index (χ1) is 12.1. The molecule has 0 radical (unpaired) electrons. The van der Waals surface area contributed by atoms with E-state index < -0.39 is 0 Å². The highest BCUT2D eigenvalue weighted by molar-refractivity contribution is 5.85. The minimum absolute atomic E-state index is 0. The van der Waals surface area contributed by atoms with Crippen LogP contribution in [0.5, 0.6) is 0 Å². The zero-order valence-corrected chi connectivity index (χ0v) is 16.8. The van der Waals surface area contributed by atoms with Gasteiger partial charge >= 0.3 is 0 Å². The van der Waals surface area contributed by atoms with Gasteiger partial charge in [0.05, 0.1) is 0 Å². The van der Waals surface area contributed by atoms with Crippen LogP contribution < -0.4 is 5.32 Å². The van der Waals surface area contributed by atoms with E-state index in [0.29, 0.717) is 29.3 Å². The highest BCUT2D eigenvalue weighted by atomic mass is 35.5. The summed E-state index contributed by atoms with van der Waals surface area (Å²) >= 11 is 0. The number of carbonyl (C=O) groups is 1. The first-order valence-corrected chi connectivity index (χ1v) is 10.2. The second kappa shape index (κ2) is 8.31. The van der Waals surface area contributed by atoms with Crippen molar-refractivity contribution in [2.75, 3.05) is 13.1 Å². The number of nitrogens with one attached hydrogen (secondary N) is 1. The van der Waals surface area contributed by atoms with Crippen molar-refractivity contribution in [3.05, 3.63) is 35.9 Å². The molecule has 26 heavy (non-hydrogen) atoms. The number of piperidine rings is 1. The number of likely N-dealkylation sites (tertiary alicyclic amines) is 1. The second-order valence-corrected chi connectivity index (χ2v) is 9.04. The van der Waals surface area contributed by atoms with Gasteiger partial charge in [-0.25, -0.2) is 0 Å². The lowest BCUT2D eigenvalue weighted by atomic mass is 9.83. The molecular weight excluding hydrogens is 344 g/mol. The molecule has 3 nitrogen and oxygen atoms in total. The summed E-state index contributed by atoms with van der Waals surface area (Å²) in [5.41, 5.74) is 1.71. The van der Waals surface area contributed by atoms with Gasteiger partial charge in [-0.1, -0.05) is 37.3 Å². The van der Waals surface area contributed by atoms with Gasteiger partial charge in [0, 0.05) is 31.6 Å². The predicted molar refractivity (Wildman–Crippen MR) is 109 cm³/mol. The Hall–Kier alpha value is -1.06. The highest BCUT2D eigenvalue weighted by Crippen LogP contribution is 2.37. The molecule has 3 unspecified atom stereocenters. The molecule has 0 aliphatic carbocycles. The zero-order valence-electron chi connectivity index (χ0n) is 16.0. The van der Waals surface area contributed by atoms with E-state index in [-0.39, 0.29) is 12.4 Å². The molecule has 144 valence electrons. The fourth-order valence-electron chi connectivity index (χ4n) is 5.25. The Bertz CT molecular complexity index is 595. The molecule has 3 saturated heterocycles. The number of aryl methyl sites for hydroxylation is 1. The summed E-state index contributed by atoms with van der Waals surface area (Å²) < 4.78 is 0. The Morgan fingerprint density at radius 1 is 1.19 bits per heavy atom. The van der Waals surface area contributed by atoms with Crippen molar-refractivity contribution in [1.82, 2.24) is 10.2 Å². The standard InChI is InChI=1S/C22H32N2O.ClH/c1-22(10-9-17-5-3-2-4-6-17)11-12-24(16-22)21(25)15-18-13-19-7-8-20(14-18)23-19;/h2-6,18-20,23H,7-16H2,1H3;1H. The number of carbonyl (C=O) groups excluding carboxylic acids is 1. The zero-order chi connectivity index (χ0) is 17.3. The Kier molecular flexibility index (Phi) is 6.29. The molecule has 3 heterocycles. The van der Waals surface area contributed by atoms with Crippen LogP contribution in [-0.4, -0.2) is 36.0 Å². The van der Waals surface area contributed by atoms with E-state index in [2.05, 4.69) is 47.5 Å². The van der Waals surface area contributed by atoms with E-state index in [1.54, 1.807) is 0 Å². The van der Waals surface area contributed by atoms with E-state index in [1.807, 2.05) is 0 Å². The van der Waals surface area contributed by atoms with E-state index in [1.165, 1.54) is 37.7 Å². The van der Waals surface area contributed by atoms with Gasteiger partial charge in [0.25, 0.3) is 0 Å². The normalized spacial score (nSPS) is 33.1. The van der Waals surface area contributed by atoms with Crippen molar-refractivity contribution in [3.8, 4) is 0 Å². The molecule has 3 aliphatic rings. The van der Waals surface area contributed by atoms with Crippen LogP contribution in [0.2, 0.25) is 0 Å². The summed E-state index contributed by atoms with van der Waals surface area (Å²) in [6, 6.07) is 12.1. The van der Waals surface area contributed by atoms with Gasteiger partial charge in [-0.3, -0.25) is 4.79 Å². The quantitative estimate of drug-likeness (QED) is 0.835. The van der Waals surface area contributed by atoms with Gasteiger partial charge in [0.1, 0.15) is 0 Å². The number of rotatable bonds is 5. The SMILES string of the molecule is CC1(CCc2ccccc2)CCN(C(=O)CC2CC3CCC(C2)N3)C1.Cl.